The number of nitrogens with two attached hydrogens (primary N) is 1. The van der Waals surface area contributed by atoms with E-state index in [1.54, 1.807) is 39.1 Å². The Kier molecular flexibility index (Phi) is 7.50. The Bertz CT molecular complexity index is 1040. The quantitative estimate of drug-likeness (QED) is 0.600. The fourth-order valence-electron chi connectivity index (χ4n) is 2.85. The van der Waals surface area contributed by atoms with Gasteiger partial charge in [-0.15, -0.1) is 0 Å². The summed E-state index contributed by atoms with van der Waals surface area (Å²) >= 11 is 0. The van der Waals surface area contributed by atoms with Crippen molar-refractivity contribution in [2.75, 3.05) is 20.2 Å². The van der Waals surface area contributed by atoms with E-state index in [4.69, 9.17) is 10.5 Å². The fraction of sp³-hybridized carbons (Fsp3) is 0.476. The lowest BCUT2D eigenvalue weighted by Crippen LogP contribution is -2.49. The molecule has 0 spiro atoms. The van der Waals surface area contributed by atoms with Crippen molar-refractivity contribution >= 4 is 28.9 Å². The van der Waals surface area contributed by atoms with E-state index in [9.17, 15) is 19.2 Å². The highest BCUT2D eigenvalue weighted by Gasteiger charge is 2.28. The monoisotopic (exact) mass is 432 g/mol. The van der Waals surface area contributed by atoms with Gasteiger partial charge in [-0.25, -0.2) is 4.98 Å². The van der Waals surface area contributed by atoms with E-state index in [-0.39, 0.29) is 18.5 Å². The van der Waals surface area contributed by atoms with Crippen molar-refractivity contribution in [3.8, 4) is 0 Å². The molecule has 168 valence electrons. The van der Waals surface area contributed by atoms with Crippen molar-refractivity contribution in [2.24, 2.45) is 5.73 Å². The number of rotatable bonds is 7. The SMILES string of the molecule is COC(=O)CN(CC(N)C(=O)OC(C)(C)C)C(=O)Cc1cc2c(C)ccnc2[nH]c1=O. The molecule has 1 unspecified atom stereocenters. The Morgan fingerprint density at radius 1 is 1.29 bits per heavy atom. The number of carbonyl (C=O) groups is 3. The molecule has 2 aromatic heterocycles. The maximum absolute atomic E-state index is 12.9. The van der Waals surface area contributed by atoms with E-state index in [1.807, 2.05) is 6.92 Å². The molecule has 0 aliphatic rings. The molecule has 0 aromatic carbocycles. The zero-order valence-corrected chi connectivity index (χ0v) is 18.4. The first-order chi connectivity index (χ1) is 14.4. The van der Waals surface area contributed by atoms with E-state index in [2.05, 4.69) is 14.7 Å². The minimum absolute atomic E-state index is 0.203. The Balaban J connectivity index is 2.25. The molecule has 0 fully saturated rings. The van der Waals surface area contributed by atoms with Crippen molar-refractivity contribution in [1.29, 1.82) is 0 Å². The minimum atomic E-state index is -1.17. The van der Waals surface area contributed by atoms with Gasteiger partial charge in [-0.1, -0.05) is 0 Å². The molecular weight excluding hydrogens is 404 g/mol. The Morgan fingerprint density at radius 3 is 2.58 bits per heavy atom. The first-order valence-electron chi connectivity index (χ1n) is 9.72. The van der Waals surface area contributed by atoms with Crippen LogP contribution in [0, 0.1) is 6.92 Å². The summed E-state index contributed by atoms with van der Waals surface area (Å²) in [4.78, 5) is 57.2. The van der Waals surface area contributed by atoms with Crippen LogP contribution in [-0.2, 0) is 30.3 Å². The van der Waals surface area contributed by atoms with E-state index < -0.39 is 41.6 Å². The van der Waals surface area contributed by atoms with Crippen LogP contribution >= 0.6 is 0 Å². The summed E-state index contributed by atoms with van der Waals surface area (Å²) < 4.78 is 9.87. The smallest absolute Gasteiger partial charge is 0.325 e. The normalized spacial score (nSPS) is 12.3. The number of ether oxygens (including phenoxy) is 2. The van der Waals surface area contributed by atoms with Crippen LogP contribution in [-0.4, -0.2) is 64.6 Å². The van der Waals surface area contributed by atoms with Gasteiger partial charge < -0.3 is 25.1 Å². The first-order valence-corrected chi connectivity index (χ1v) is 9.72. The number of fused-ring (bicyclic) bond motifs is 1. The van der Waals surface area contributed by atoms with Gasteiger partial charge in [0, 0.05) is 23.7 Å². The average Bonchev–Trinajstić information content (AvgIpc) is 2.67. The molecule has 2 heterocycles. The number of nitrogens with zero attached hydrogens (tertiary/aromatic N) is 2. The highest BCUT2D eigenvalue weighted by atomic mass is 16.6. The van der Waals surface area contributed by atoms with Gasteiger partial charge in [-0.05, 0) is 45.4 Å². The molecule has 2 rings (SSSR count). The lowest BCUT2D eigenvalue weighted by molar-refractivity contribution is -0.158. The van der Waals surface area contributed by atoms with Gasteiger partial charge in [0.05, 0.1) is 13.5 Å². The van der Waals surface area contributed by atoms with Gasteiger partial charge in [0.1, 0.15) is 23.8 Å². The first kappa shape index (κ1) is 24.0. The number of nitrogens with one attached hydrogen (secondary N) is 1. The Morgan fingerprint density at radius 2 is 1.97 bits per heavy atom. The van der Waals surface area contributed by atoms with Gasteiger partial charge in [0.2, 0.25) is 5.91 Å². The molecule has 0 bridgehead atoms. The van der Waals surface area contributed by atoms with Gasteiger partial charge in [0.25, 0.3) is 5.56 Å². The van der Waals surface area contributed by atoms with Crippen molar-refractivity contribution in [3.63, 3.8) is 0 Å². The van der Waals surface area contributed by atoms with Gasteiger partial charge in [-0.3, -0.25) is 19.2 Å². The molecule has 1 amide bonds. The molecule has 0 saturated carbocycles. The number of methoxy groups -OCH3 is 1. The third kappa shape index (κ3) is 6.61. The Labute approximate surface area is 179 Å². The second kappa shape index (κ2) is 9.69. The predicted molar refractivity (Wildman–Crippen MR) is 113 cm³/mol. The van der Waals surface area contributed by atoms with Gasteiger partial charge in [-0.2, -0.15) is 0 Å². The molecule has 0 saturated heterocycles. The molecule has 0 aliphatic carbocycles. The Hall–Kier alpha value is -3.27. The summed E-state index contributed by atoms with van der Waals surface area (Å²) in [5.74, 6) is -1.95. The number of aryl methyl sites for hydroxylation is 1. The van der Waals surface area contributed by atoms with E-state index in [0.717, 1.165) is 10.5 Å². The third-order valence-corrected chi connectivity index (χ3v) is 4.42. The molecule has 31 heavy (non-hydrogen) atoms. The summed E-state index contributed by atoms with van der Waals surface area (Å²) in [5.41, 5.74) is 6.18. The van der Waals surface area contributed by atoms with Crippen molar-refractivity contribution < 1.29 is 23.9 Å². The van der Waals surface area contributed by atoms with Crippen LogP contribution in [0.2, 0.25) is 0 Å². The molecule has 10 heteroatoms. The van der Waals surface area contributed by atoms with Crippen LogP contribution in [0.15, 0.2) is 23.1 Å². The summed E-state index contributed by atoms with van der Waals surface area (Å²) in [6.45, 7) is 6.25. The summed E-state index contributed by atoms with van der Waals surface area (Å²) in [7, 11) is 1.18. The zero-order chi connectivity index (χ0) is 23.3. The lowest BCUT2D eigenvalue weighted by atomic mass is 10.1. The lowest BCUT2D eigenvalue weighted by Gasteiger charge is -2.26. The average molecular weight is 432 g/mol. The fourth-order valence-corrected chi connectivity index (χ4v) is 2.85. The maximum Gasteiger partial charge on any atom is 0.325 e. The second-order valence-electron chi connectivity index (χ2n) is 8.18. The molecule has 10 nitrogen and oxygen atoms in total. The van der Waals surface area contributed by atoms with Crippen LogP contribution in [0.1, 0.15) is 31.9 Å². The van der Waals surface area contributed by atoms with Crippen LogP contribution in [0.5, 0.6) is 0 Å². The van der Waals surface area contributed by atoms with Crippen LogP contribution in [0.4, 0.5) is 0 Å². The predicted octanol–water partition coefficient (Wildman–Crippen LogP) is 0.445. The maximum atomic E-state index is 12.9. The largest absolute Gasteiger partial charge is 0.468 e. The number of esters is 2. The highest BCUT2D eigenvalue weighted by Crippen LogP contribution is 2.14. The number of amides is 1. The number of hydrogen-bond donors (Lipinski definition) is 2. The van der Waals surface area contributed by atoms with Crippen LogP contribution in [0.3, 0.4) is 0 Å². The molecular formula is C21H28N4O6. The number of carbonyl (C=O) groups excluding carboxylic acids is 3. The topological polar surface area (TPSA) is 145 Å². The minimum Gasteiger partial charge on any atom is -0.468 e. The summed E-state index contributed by atoms with van der Waals surface area (Å²) in [6, 6.07) is 2.21. The molecule has 3 N–H and O–H groups in total. The highest BCUT2D eigenvalue weighted by molar-refractivity contribution is 5.86. The molecule has 1 atom stereocenters. The number of aromatic nitrogens is 2. The van der Waals surface area contributed by atoms with Crippen molar-refractivity contribution in [3.05, 3.63) is 39.8 Å². The van der Waals surface area contributed by atoms with E-state index in [0.29, 0.717) is 11.0 Å². The molecule has 0 radical (unpaired) electrons. The van der Waals surface area contributed by atoms with E-state index in [1.165, 1.54) is 7.11 Å². The zero-order valence-electron chi connectivity index (χ0n) is 18.4. The van der Waals surface area contributed by atoms with Gasteiger partial charge in [0.15, 0.2) is 0 Å². The standard InChI is InChI=1S/C21H28N4O6/c1-12-6-7-23-18-14(12)8-13(19(28)24-18)9-16(26)25(11-17(27)30-5)10-15(22)20(29)31-21(2,3)4/h6-8,15H,9-11,22H2,1-5H3,(H,23,24,28). The van der Waals surface area contributed by atoms with Crippen LogP contribution in [0.25, 0.3) is 11.0 Å². The van der Waals surface area contributed by atoms with E-state index >= 15 is 0 Å². The molecule has 0 aliphatic heterocycles. The third-order valence-electron chi connectivity index (χ3n) is 4.42. The number of pyridine rings is 2. The number of hydrogen-bond acceptors (Lipinski definition) is 8. The summed E-state index contributed by atoms with van der Waals surface area (Å²) in [6.07, 6.45) is 1.28. The number of H-pyrrole nitrogens is 1. The van der Waals surface area contributed by atoms with Gasteiger partial charge >= 0.3 is 11.9 Å². The van der Waals surface area contributed by atoms with Crippen LogP contribution < -0.4 is 11.3 Å². The second-order valence-corrected chi connectivity index (χ2v) is 8.18. The summed E-state index contributed by atoms with van der Waals surface area (Å²) in [5, 5.41) is 0.704. The van der Waals surface area contributed by atoms with Crippen molar-refractivity contribution in [2.45, 2.75) is 45.8 Å². The molecule has 2 aromatic rings. The van der Waals surface area contributed by atoms with Crippen molar-refractivity contribution in [1.82, 2.24) is 14.9 Å². The number of aromatic amines is 1.